The van der Waals surface area contributed by atoms with Gasteiger partial charge in [-0.1, -0.05) is 23.8 Å². The molecule has 1 nitrogen and oxygen atoms in total. The first-order chi connectivity index (χ1) is 7.25. The molecule has 1 heteroatoms. The highest BCUT2D eigenvalue weighted by Crippen LogP contribution is 2.12. The summed E-state index contributed by atoms with van der Waals surface area (Å²) >= 11 is 0. The fourth-order valence-corrected chi connectivity index (χ4v) is 1.55. The molecular weight excluding hydrogens is 182 g/mol. The maximum Gasteiger partial charge on any atom is 0.00880 e. The SMILES string of the molecule is Cc1ccc(C)c(/C=C/n2cccc2)c1. The molecule has 0 amide bonds. The third kappa shape index (κ3) is 2.38. The van der Waals surface area contributed by atoms with Crippen molar-refractivity contribution in [3.8, 4) is 0 Å². The van der Waals surface area contributed by atoms with Crippen molar-refractivity contribution in [1.82, 2.24) is 4.57 Å². The van der Waals surface area contributed by atoms with Gasteiger partial charge in [0.1, 0.15) is 0 Å². The Bertz CT molecular complexity index is 464. The highest BCUT2D eigenvalue weighted by atomic mass is 14.9. The van der Waals surface area contributed by atoms with Gasteiger partial charge in [-0.05, 0) is 43.2 Å². The molecular formula is C14H15N. The zero-order valence-electron chi connectivity index (χ0n) is 9.14. The summed E-state index contributed by atoms with van der Waals surface area (Å²) in [5.74, 6) is 0. The van der Waals surface area contributed by atoms with Crippen LogP contribution in [-0.4, -0.2) is 4.57 Å². The van der Waals surface area contributed by atoms with Crippen LogP contribution in [0.4, 0.5) is 0 Å². The van der Waals surface area contributed by atoms with Gasteiger partial charge in [0.2, 0.25) is 0 Å². The lowest BCUT2D eigenvalue weighted by molar-refractivity contribution is 1.18. The Balaban J connectivity index is 2.27. The van der Waals surface area contributed by atoms with E-state index in [9.17, 15) is 0 Å². The maximum absolute atomic E-state index is 2.20. The van der Waals surface area contributed by atoms with Gasteiger partial charge < -0.3 is 4.57 Å². The van der Waals surface area contributed by atoms with Crippen LogP contribution in [0.3, 0.4) is 0 Å². The van der Waals surface area contributed by atoms with Gasteiger partial charge in [-0.2, -0.15) is 0 Å². The predicted octanol–water partition coefficient (Wildman–Crippen LogP) is 3.73. The van der Waals surface area contributed by atoms with Crippen molar-refractivity contribution in [2.45, 2.75) is 13.8 Å². The molecule has 1 aromatic heterocycles. The first-order valence-electron chi connectivity index (χ1n) is 5.13. The molecule has 0 radical (unpaired) electrons. The van der Waals surface area contributed by atoms with E-state index in [2.05, 4.69) is 44.3 Å². The van der Waals surface area contributed by atoms with Gasteiger partial charge in [0, 0.05) is 18.6 Å². The zero-order valence-corrected chi connectivity index (χ0v) is 9.14. The molecule has 2 aromatic rings. The molecule has 0 aliphatic heterocycles. The second-order valence-electron chi connectivity index (χ2n) is 3.81. The van der Waals surface area contributed by atoms with Crippen molar-refractivity contribution in [1.29, 1.82) is 0 Å². The zero-order chi connectivity index (χ0) is 10.7. The summed E-state index contributed by atoms with van der Waals surface area (Å²) in [6.45, 7) is 4.25. The molecule has 15 heavy (non-hydrogen) atoms. The first-order valence-corrected chi connectivity index (χ1v) is 5.13. The van der Waals surface area contributed by atoms with Crippen molar-refractivity contribution in [3.05, 3.63) is 59.4 Å². The van der Waals surface area contributed by atoms with Gasteiger partial charge in [-0.3, -0.25) is 0 Å². The van der Waals surface area contributed by atoms with Crippen LogP contribution in [0.25, 0.3) is 12.3 Å². The Kier molecular flexibility index (Phi) is 2.72. The highest BCUT2D eigenvalue weighted by Gasteiger charge is 1.93. The molecule has 0 aliphatic rings. The van der Waals surface area contributed by atoms with Gasteiger partial charge in [0.15, 0.2) is 0 Å². The molecule has 0 unspecified atom stereocenters. The second kappa shape index (κ2) is 4.18. The van der Waals surface area contributed by atoms with Crippen molar-refractivity contribution in [3.63, 3.8) is 0 Å². The fourth-order valence-electron chi connectivity index (χ4n) is 1.55. The summed E-state index contributed by atoms with van der Waals surface area (Å²) in [5, 5.41) is 0. The largest absolute Gasteiger partial charge is 0.331 e. The van der Waals surface area contributed by atoms with Gasteiger partial charge >= 0.3 is 0 Å². The Hall–Kier alpha value is -1.76. The Morgan fingerprint density at radius 3 is 2.53 bits per heavy atom. The third-order valence-corrected chi connectivity index (χ3v) is 2.49. The lowest BCUT2D eigenvalue weighted by Crippen LogP contribution is -1.83. The lowest BCUT2D eigenvalue weighted by Gasteiger charge is -2.01. The minimum absolute atomic E-state index is 1.28. The quantitative estimate of drug-likeness (QED) is 0.691. The van der Waals surface area contributed by atoms with Crippen LogP contribution >= 0.6 is 0 Å². The van der Waals surface area contributed by atoms with Gasteiger partial charge in [-0.25, -0.2) is 0 Å². The molecule has 0 saturated heterocycles. The number of rotatable bonds is 2. The molecule has 0 fully saturated rings. The van der Waals surface area contributed by atoms with Gasteiger partial charge in [0.25, 0.3) is 0 Å². The molecule has 76 valence electrons. The van der Waals surface area contributed by atoms with E-state index >= 15 is 0 Å². The number of aromatic nitrogens is 1. The first kappa shape index (κ1) is 9.78. The average molecular weight is 197 g/mol. The van der Waals surface area contributed by atoms with Crippen molar-refractivity contribution >= 4 is 12.3 Å². The molecule has 0 saturated carbocycles. The molecule has 0 bridgehead atoms. The molecule has 0 atom stereocenters. The maximum atomic E-state index is 2.20. The number of benzene rings is 1. The van der Waals surface area contributed by atoms with Crippen LogP contribution in [0.5, 0.6) is 0 Å². The summed E-state index contributed by atoms with van der Waals surface area (Å²) in [7, 11) is 0. The minimum Gasteiger partial charge on any atom is -0.331 e. The van der Waals surface area contributed by atoms with Crippen LogP contribution in [0.15, 0.2) is 42.7 Å². The van der Waals surface area contributed by atoms with E-state index < -0.39 is 0 Å². The number of hydrogen-bond acceptors (Lipinski definition) is 0. The number of hydrogen-bond donors (Lipinski definition) is 0. The normalized spacial score (nSPS) is 11.1. The topological polar surface area (TPSA) is 4.93 Å². The standard InChI is InChI=1S/C14H15N/c1-12-5-6-13(2)14(11-12)7-10-15-8-3-4-9-15/h3-11H,1-2H3/b10-7+. The predicted molar refractivity (Wildman–Crippen MR) is 65.6 cm³/mol. The van der Waals surface area contributed by atoms with E-state index in [4.69, 9.17) is 0 Å². The molecule has 1 aromatic carbocycles. The third-order valence-electron chi connectivity index (χ3n) is 2.49. The van der Waals surface area contributed by atoms with E-state index in [-0.39, 0.29) is 0 Å². The number of aryl methyl sites for hydroxylation is 2. The van der Waals surface area contributed by atoms with Crippen LogP contribution in [0.2, 0.25) is 0 Å². The lowest BCUT2D eigenvalue weighted by atomic mass is 10.1. The molecule has 0 aliphatic carbocycles. The molecule has 0 N–H and O–H groups in total. The Morgan fingerprint density at radius 1 is 1.07 bits per heavy atom. The molecule has 1 heterocycles. The summed E-state index contributed by atoms with van der Waals surface area (Å²) in [4.78, 5) is 0. The average Bonchev–Trinajstić information content (AvgIpc) is 2.72. The highest BCUT2D eigenvalue weighted by molar-refractivity contribution is 5.63. The molecule has 0 spiro atoms. The van der Waals surface area contributed by atoms with E-state index in [0.29, 0.717) is 0 Å². The Morgan fingerprint density at radius 2 is 1.80 bits per heavy atom. The summed E-state index contributed by atoms with van der Waals surface area (Å²) in [6, 6.07) is 10.5. The Labute approximate surface area is 90.7 Å². The van der Waals surface area contributed by atoms with E-state index in [1.165, 1.54) is 16.7 Å². The van der Waals surface area contributed by atoms with Gasteiger partial charge in [-0.15, -0.1) is 0 Å². The van der Waals surface area contributed by atoms with Crippen molar-refractivity contribution < 1.29 is 0 Å². The van der Waals surface area contributed by atoms with Gasteiger partial charge in [0.05, 0.1) is 0 Å². The van der Waals surface area contributed by atoms with E-state index in [1.807, 2.05) is 29.1 Å². The summed E-state index contributed by atoms with van der Waals surface area (Å²) < 4.78 is 2.04. The fraction of sp³-hybridized carbons (Fsp3) is 0.143. The summed E-state index contributed by atoms with van der Waals surface area (Å²) in [6.07, 6.45) is 8.27. The summed E-state index contributed by atoms with van der Waals surface area (Å²) in [5.41, 5.74) is 3.89. The van der Waals surface area contributed by atoms with E-state index in [1.54, 1.807) is 0 Å². The van der Waals surface area contributed by atoms with Crippen LogP contribution in [0, 0.1) is 13.8 Å². The van der Waals surface area contributed by atoms with Crippen LogP contribution < -0.4 is 0 Å². The van der Waals surface area contributed by atoms with Crippen LogP contribution in [-0.2, 0) is 0 Å². The smallest absolute Gasteiger partial charge is 0.00880 e. The monoisotopic (exact) mass is 197 g/mol. The van der Waals surface area contributed by atoms with Crippen LogP contribution in [0.1, 0.15) is 16.7 Å². The molecule has 2 rings (SSSR count). The number of nitrogens with zero attached hydrogens (tertiary/aromatic N) is 1. The van der Waals surface area contributed by atoms with Crippen molar-refractivity contribution in [2.75, 3.05) is 0 Å². The minimum atomic E-state index is 1.28. The van der Waals surface area contributed by atoms with Crippen molar-refractivity contribution in [2.24, 2.45) is 0 Å². The second-order valence-corrected chi connectivity index (χ2v) is 3.81. The van der Waals surface area contributed by atoms with E-state index in [0.717, 1.165) is 0 Å².